The number of rotatable bonds is 0. The minimum absolute atomic E-state index is 0.833. The largest absolute Gasteiger partial charge is 0.241 e. The van der Waals surface area contributed by atoms with Gasteiger partial charge in [0.15, 0.2) is 0 Å². The highest BCUT2D eigenvalue weighted by Crippen LogP contribution is 2.20. The van der Waals surface area contributed by atoms with Crippen LogP contribution >= 0.6 is 0 Å². The third-order valence-corrected chi connectivity index (χ3v) is 1.78. The molecule has 0 aromatic carbocycles. The zero-order valence-electron chi connectivity index (χ0n) is 9.25. The molecule has 0 radical (unpaired) electrons. The van der Waals surface area contributed by atoms with Gasteiger partial charge in [0.05, 0.1) is 11.9 Å². The lowest BCUT2D eigenvalue weighted by atomic mass is 10.2. The molecule has 1 saturated carbocycles. The lowest BCUT2D eigenvalue weighted by molar-refractivity contribution is 0.737. The van der Waals surface area contributed by atoms with Crippen LogP contribution in [0.1, 0.15) is 40.0 Å². The van der Waals surface area contributed by atoms with Crippen LogP contribution in [0.5, 0.6) is 0 Å². The van der Waals surface area contributed by atoms with Crippen LogP contribution in [0.4, 0.5) is 0 Å². The van der Waals surface area contributed by atoms with Crippen LogP contribution in [0.15, 0.2) is 27.5 Å². The summed E-state index contributed by atoms with van der Waals surface area (Å²) in [4.78, 5) is 8.06. The molecular formula is C12H18N2. The summed E-state index contributed by atoms with van der Waals surface area (Å²) in [5.74, 6) is 0.833. The van der Waals surface area contributed by atoms with Crippen LogP contribution in [0, 0.1) is 5.92 Å². The van der Waals surface area contributed by atoms with Gasteiger partial charge >= 0.3 is 0 Å². The van der Waals surface area contributed by atoms with E-state index in [0.717, 1.165) is 18.8 Å². The molecule has 2 aliphatic rings. The van der Waals surface area contributed by atoms with Crippen LogP contribution in [-0.2, 0) is 0 Å². The molecular weight excluding hydrogens is 172 g/mol. The first-order chi connectivity index (χ1) is 6.70. The van der Waals surface area contributed by atoms with Crippen molar-refractivity contribution in [2.24, 2.45) is 15.9 Å². The van der Waals surface area contributed by atoms with Crippen LogP contribution in [0.25, 0.3) is 0 Å². The Balaban J connectivity index is 0.000000213. The lowest BCUT2D eigenvalue weighted by Crippen LogP contribution is -1.90. The zero-order valence-corrected chi connectivity index (χ0v) is 9.25. The van der Waals surface area contributed by atoms with E-state index in [-0.39, 0.29) is 0 Å². The Morgan fingerprint density at radius 2 is 2.00 bits per heavy atom. The number of nitrogens with zero attached hydrogens (tertiary/aromatic N) is 2. The number of allylic oxidation sites excluding steroid dienone is 1. The van der Waals surface area contributed by atoms with Crippen molar-refractivity contribution in [2.75, 3.05) is 0 Å². The maximum absolute atomic E-state index is 4.18. The number of hydrogen-bond acceptors (Lipinski definition) is 2. The number of aliphatic imine (C=N–C) groups is 2. The van der Waals surface area contributed by atoms with E-state index >= 15 is 0 Å². The van der Waals surface area contributed by atoms with Crippen LogP contribution in [0.2, 0.25) is 0 Å². The van der Waals surface area contributed by atoms with E-state index in [2.05, 4.69) is 36.5 Å². The van der Waals surface area contributed by atoms with Crippen LogP contribution in [0.3, 0.4) is 0 Å². The van der Waals surface area contributed by atoms with Gasteiger partial charge in [0.2, 0.25) is 0 Å². The molecule has 0 saturated heterocycles. The maximum atomic E-state index is 4.18. The fourth-order valence-corrected chi connectivity index (χ4v) is 1.28. The van der Waals surface area contributed by atoms with E-state index in [1.807, 2.05) is 0 Å². The first kappa shape index (κ1) is 10.9. The summed E-state index contributed by atoms with van der Waals surface area (Å²) in [5, 5.41) is 0. The summed E-state index contributed by atoms with van der Waals surface area (Å²) in [6.07, 6.45) is 6.74. The van der Waals surface area contributed by atoms with E-state index in [1.54, 1.807) is 12.5 Å². The zero-order chi connectivity index (χ0) is 10.4. The highest BCUT2D eigenvalue weighted by atomic mass is 14.9. The summed E-state index contributed by atoms with van der Waals surface area (Å²) in [5.41, 5.74) is 5.53. The molecule has 0 unspecified atom stereocenters. The van der Waals surface area contributed by atoms with Gasteiger partial charge in [-0.3, -0.25) is 0 Å². The minimum Gasteiger partial charge on any atom is -0.241 e. The van der Waals surface area contributed by atoms with E-state index in [9.17, 15) is 0 Å². The Labute approximate surface area is 86.2 Å². The summed E-state index contributed by atoms with van der Waals surface area (Å²) in [6.45, 7) is 6.50. The second-order valence-electron chi connectivity index (χ2n) is 4.18. The third kappa shape index (κ3) is 3.71. The molecule has 76 valence electrons. The van der Waals surface area contributed by atoms with Gasteiger partial charge < -0.3 is 0 Å². The molecule has 2 rings (SSSR count). The number of fused-ring (bicyclic) bond motifs is 1. The summed E-state index contributed by atoms with van der Waals surface area (Å²) in [7, 11) is 0. The molecule has 14 heavy (non-hydrogen) atoms. The Morgan fingerprint density at radius 1 is 1.29 bits per heavy atom. The smallest absolute Gasteiger partial charge is 0.116 e. The molecule has 0 amide bonds. The number of hydrogen-bond donors (Lipinski definition) is 0. The average molecular weight is 190 g/mol. The van der Waals surface area contributed by atoms with Crippen molar-refractivity contribution in [2.45, 2.75) is 40.0 Å². The molecule has 0 aromatic rings. The van der Waals surface area contributed by atoms with Crippen LogP contribution < -0.4 is 0 Å². The first-order valence-electron chi connectivity index (χ1n) is 5.23. The van der Waals surface area contributed by atoms with Crippen molar-refractivity contribution >= 4 is 12.1 Å². The van der Waals surface area contributed by atoms with Gasteiger partial charge in [-0.15, -0.1) is 0 Å². The van der Waals surface area contributed by atoms with Gasteiger partial charge in [-0.2, -0.15) is 0 Å². The average Bonchev–Trinajstić information content (AvgIpc) is 2.42. The fourth-order valence-electron chi connectivity index (χ4n) is 1.28. The van der Waals surface area contributed by atoms with Crippen molar-refractivity contribution in [1.82, 2.24) is 0 Å². The van der Waals surface area contributed by atoms with Gasteiger partial charge in [-0.05, 0) is 25.2 Å². The van der Waals surface area contributed by atoms with Crippen molar-refractivity contribution in [3.05, 3.63) is 17.5 Å². The molecule has 0 spiro atoms. The second kappa shape index (κ2) is 5.56. The summed E-state index contributed by atoms with van der Waals surface area (Å²) >= 11 is 0. The molecule has 0 aromatic heterocycles. The normalized spacial score (nSPS) is 18.0. The molecule has 0 bridgehead atoms. The Morgan fingerprint density at radius 3 is 2.71 bits per heavy atom. The summed E-state index contributed by atoms with van der Waals surface area (Å²) < 4.78 is 0. The van der Waals surface area contributed by atoms with Gasteiger partial charge in [-0.1, -0.05) is 26.5 Å². The molecule has 2 nitrogen and oxygen atoms in total. The standard InChI is InChI=1S/C8H8N2.C4H10/c1-2-7-4-5-9-6-10-8(7)3-1;1-4(2)3/h5-6H,1-3H2;4H,1-3H3. The Bertz CT molecular complexity index is 300. The molecule has 1 aliphatic carbocycles. The topological polar surface area (TPSA) is 24.7 Å². The monoisotopic (exact) mass is 190 g/mol. The van der Waals surface area contributed by atoms with Gasteiger partial charge in [0.25, 0.3) is 0 Å². The van der Waals surface area contributed by atoms with Gasteiger partial charge in [-0.25, -0.2) is 9.98 Å². The fraction of sp³-hybridized carbons (Fsp3) is 0.583. The van der Waals surface area contributed by atoms with Crippen molar-refractivity contribution in [1.29, 1.82) is 0 Å². The molecule has 2 heteroatoms. The minimum atomic E-state index is 0.833. The predicted molar refractivity (Wildman–Crippen MR) is 61.9 cm³/mol. The second-order valence-corrected chi connectivity index (χ2v) is 4.18. The highest BCUT2D eigenvalue weighted by molar-refractivity contribution is 6.05. The third-order valence-electron chi connectivity index (χ3n) is 1.78. The Kier molecular flexibility index (Phi) is 4.34. The quantitative estimate of drug-likeness (QED) is 0.523. The van der Waals surface area contributed by atoms with E-state index in [1.165, 1.54) is 17.7 Å². The van der Waals surface area contributed by atoms with E-state index < -0.39 is 0 Å². The van der Waals surface area contributed by atoms with E-state index in [4.69, 9.17) is 0 Å². The summed E-state index contributed by atoms with van der Waals surface area (Å²) in [6, 6.07) is 0. The SMILES string of the molecule is C1=CN=CN=C2CCCC=12.CC(C)C. The van der Waals surface area contributed by atoms with Crippen molar-refractivity contribution in [3.8, 4) is 0 Å². The first-order valence-corrected chi connectivity index (χ1v) is 5.23. The van der Waals surface area contributed by atoms with Gasteiger partial charge in [0, 0.05) is 5.57 Å². The molecule has 0 N–H and O–H groups in total. The molecule has 1 fully saturated rings. The van der Waals surface area contributed by atoms with E-state index in [0.29, 0.717) is 0 Å². The van der Waals surface area contributed by atoms with Crippen LogP contribution in [-0.4, -0.2) is 12.1 Å². The van der Waals surface area contributed by atoms with Crippen molar-refractivity contribution < 1.29 is 0 Å². The molecule has 1 heterocycles. The van der Waals surface area contributed by atoms with Crippen molar-refractivity contribution in [3.63, 3.8) is 0 Å². The lowest BCUT2D eigenvalue weighted by Gasteiger charge is -1.88. The maximum Gasteiger partial charge on any atom is 0.116 e. The highest BCUT2D eigenvalue weighted by Gasteiger charge is 2.14. The predicted octanol–water partition coefficient (Wildman–Crippen LogP) is 3.35. The van der Waals surface area contributed by atoms with Gasteiger partial charge in [0.1, 0.15) is 6.34 Å². The molecule has 1 aliphatic heterocycles. The molecule has 0 atom stereocenters. The Hall–Kier alpha value is -1.14.